The van der Waals surface area contributed by atoms with Crippen molar-refractivity contribution >= 4 is 11.7 Å². The average Bonchev–Trinajstić information content (AvgIpc) is 2.30. The Morgan fingerprint density at radius 2 is 1.76 bits per heavy atom. The normalized spacial score (nSPS) is 14.5. The molecule has 1 aliphatic rings. The van der Waals surface area contributed by atoms with Crippen LogP contribution < -0.4 is 10.2 Å². The predicted octanol–water partition coefficient (Wildman–Crippen LogP) is -0.855. The lowest BCUT2D eigenvalue weighted by Gasteiger charge is -2.30. The summed E-state index contributed by atoms with van der Waals surface area (Å²) in [7, 11) is 0. The number of piperazine rings is 1. The zero-order chi connectivity index (χ0) is 10.7. The lowest BCUT2D eigenvalue weighted by Crippen LogP contribution is -2.44. The van der Waals surface area contributed by atoms with Crippen molar-refractivity contribution in [2.24, 2.45) is 0 Å². The van der Waals surface area contributed by atoms with Crippen LogP contribution in [0.5, 0.6) is 0 Å². The van der Waals surface area contributed by atoms with E-state index in [1.165, 1.54) is 0 Å². The monoisotopic (exact) mass is 242 g/mol. The Bertz CT molecular complexity index is 364. The molecular weight excluding hydrogens is 224 g/mol. The quantitative estimate of drug-likeness (QED) is 0.702. The van der Waals surface area contributed by atoms with E-state index in [1.54, 1.807) is 12.1 Å². The lowest BCUT2D eigenvalue weighted by molar-refractivity contribution is 0.0697. The van der Waals surface area contributed by atoms with Crippen molar-refractivity contribution in [3.63, 3.8) is 0 Å². The van der Waals surface area contributed by atoms with E-state index < -0.39 is 5.97 Å². The summed E-state index contributed by atoms with van der Waals surface area (Å²) in [6.45, 7) is 3.55. The Balaban J connectivity index is 0.00000128. The Morgan fingerprint density at radius 3 is 2.35 bits per heavy atom. The molecule has 0 saturated carbocycles. The van der Waals surface area contributed by atoms with Crippen LogP contribution in [0.3, 0.4) is 0 Å². The number of para-hydroxylation sites is 1. The fourth-order valence-electron chi connectivity index (χ4n) is 1.84. The first-order valence-electron chi connectivity index (χ1n) is 5.07. The molecule has 6 heteroatoms. The summed E-state index contributed by atoms with van der Waals surface area (Å²) in [5.41, 5.74) is 1.21. The second-order valence-electron chi connectivity index (χ2n) is 3.56. The number of carboxylic acids is 1. The molecule has 6 N–H and O–H groups in total. The van der Waals surface area contributed by atoms with Gasteiger partial charge in [-0.2, -0.15) is 0 Å². The highest BCUT2D eigenvalue weighted by Gasteiger charge is 2.16. The Labute approximate surface area is 99.5 Å². The van der Waals surface area contributed by atoms with Gasteiger partial charge >= 0.3 is 5.97 Å². The smallest absolute Gasteiger partial charge is 0.337 e. The fourth-order valence-corrected chi connectivity index (χ4v) is 1.84. The second kappa shape index (κ2) is 6.85. The van der Waals surface area contributed by atoms with Crippen molar-refractivity contribution in [3.05, 3.63) is 29.8 Å². The largest absolute Gasteiger partial charge is 0.478 e. The predicted molar refractivity (Wildman–Crippen MR) is 65.7 cm³/mol. The summed E-state index contributed by atoms with van der Waals surface area (Å²) in [4.78, 5) is 13.1. The molecule has 0 atom stereocenters. The standard InChI is InChI=1S/C11H14N2O2.2H2O/c14-11(15)9-3-1-2-4-10(9)13-7-5-12-6-8-13;;/h1-4,12H,5-8H2,(H,14,15);2*1H2. The lowest BCUT2D eigenvalue weighted by atomic mass is 10.1. The molecule has 0 amide bonds. The van der Waals surface area contributed by atoms with Crippen LogP contribution in [-0.2, 0) is 0 Å². The van der Waals surface area contributed by atoms with Crippen LogP contribution in [0.4, 0.5) is 5.69 Å². The van der Waals surface area contributed by atoms with Gasteiger partial charge in [-0.1, -0.05) is 12.1 Å². The van der Waals surface area contributed by atoms with E-state index in [0.717, 1.165) is 31.9 Å². The third-order valence-corrected chi connectivity index (χ3v) is 2.59. The Morgan fingerprint density at radius 1 is 1.18 bits per heavy atom. The van der Waals surface area contributed by atoms with Gasteiger partial charge in [-0.05, 0) is 12.1 Å². The van der Waals surface area contributed by atoms with E-state index in [4.69, 9.17) is 5.11 Å². The highest BCUT2D eigenvalue weighted by Crippen LogP contribution is 2.20. The summed E-state index contributed by atoms with van der Waals surface area (Å²) in [5, 5.41) is 12.3. The van der Waals surface area contributed by atoms with E-state index in [2.05, 4.69) is 10.2 Å². The van der Waals surface area contributed by atoms with Gasteiger partial charge in [-0.3, -0.25) is 0 Å². The summed E-state index contributed by atoms with van der Waals surface area (Å²) in [6.07, 6.45) is 0. The van der Waals surface area contributed by atoms with Crippen molar-refractivity contribution in [2.45, 2.75) is 0 Å². The van der Waals surface area contributed by atoms with Crippen molar-refractivity contribution in [1.82, 2.24) is 5.32 Å². The van der Waals surface area contributed by atoms with Crippen molar-refractivity contribution < 1.29 is 20.9 Å². The number of hydrogen-bond acceptors (Lipinski definition) is 3. The summed E-state index contributed by atoms with van der Waals surface area (Å²) < 4.78 is 0. The van der Waals surface area contributed by atoms with Gasteiger partial charge in [0.1, 0.15) is 0 Å². The van der Waals surface area contributed by atoms with Gasteiger partial charge in [0, 0.05) is 26.2 Å². The minimum Gasteiger partial charge on any atom is -0.478 e. The summed E-state index contributed by atoms with van der Waals surface area (Å²) in [5.74, 6) is -0.857. The molecule has 1 heterocycles. The molecule has 17 heavy (non-hydrogen) atoms. The van der Waals surface area contributed by atoms with Gasteiger partial charge in [0.25, 0.3) is 0 Å². The van der Waals surface area contributed by atoms with Crippen molar-refractivity contribution in [1.29, 1.82) is 0 Å². The first-order chi connectivity index (χ1) is 7.29. The maximum absolute atomic E-state index is 11.0. The van der Waals surface area contributed by atoms with Gasteiger partial charge in [0.2, 0.25) is 0 Å². The number of aromatic carboxylic acids is 1. The van der Waals surface area contributed by atoms with Gasteiger partial charge in [-0.25, -0.2) is 4.79 Å². The molecule has 2 rings (SSSR count). The minimum atomic E-state index is -0.857. The maximum Gasteiger partial charge on any atom is 0.337 e. The van der Waals surface area contributed by atoms with E-state index in [-0.39, 0.29) is 11.0 Å². The average molecular weight is 242 g/mol. The highest BCUT2D eigenvalue weighted by atomic mass is 16.4. The molecule has 0 radical (unpaired) electrons. The molecule has 1 aromatic rings. The number of nitrogens with zero attached hydrogens (tertiary/aromatic N) is 1. The van der Waals surface area contributed by atoms with Gasteiger partial charge in [0.05, 0.1) is 11.3 Å². The van der Waals surface area contributed by atoms with Crippen LogP contribution in [0.1, 0.15) is 10.4 Å². The summed E-state index contributed by atoms with van der Waals surface area (Å²) in [6, 6.07) is 7.16. The molecule has 0 spiro atoms. The summed E-state index contributed by atoms with van der Waals surface area (Å²) >= 11 is 0. The number of benzene rings is 1. The van der Waals surface area contributed by atoms with E-state index in [0.29, 0.717) is 5.56 Å². The van der Waals surface area contributed by atoms with E-state index >= 15 is 0 Å². The number of nitrogens with one attached hydrogen (secondary N) is 1. The molecule has 0 aliphatic carbocycles. The molecule has 1 aromatic carbocycles. The molecule has 1 aliphatic heterocycles. The fraction of sp³-hybridized carbons (Fsp3) is 0.364. The van der Waals surface area contributed by atoms with E-state index in [1.807, 2.05) is 12.1 Å². The third-order valence-electron chi connectivity index (χ3n) is 2.59. The molecule has 0 unspecified atom stereocenters. The number of carboxylic acid groups (broad SMARTS) is 1. The van der Waals surface area contributed by atoms with Gasteiger partial charge < -0.3 is 26.3 Å². The van der Waals surface area contributed by atoms with Crippen LogP contribution in [0.15, 0.2) is 24.3 Å². The Kier molecular flexibility index (Phi) is 6.19. The number of hydrogen-bond donors (Lipinski definition) is 2. The zero-order valence-electron chi connectivity index (χ0n) is 9.44. The maximum atomic E-state index is 11.0. The third kappa shape index (κ3) is 3.42. The number of carbonyl (C=O) groups is 1. The molecular formula is C11H18N2O4. The van der Waals surface area contributed by atoms with Gasteiger partial charge in [0.15, 0.2) is 0 Å². The highest BCUT2D eigenvalue weighted by molar-refractivity contribution is 5.94. The molecule has 6 nitrogen and oxygen atoms in total. The van der Waals surface area contributed by atoms with E-state index in [9.17, 15) is 4.79 Å². The number of anilines is 1. The first kappa shape index (κ1) is 15.4. The SMILES string of the molecule is O.O.O=C(O)c1ccccc1N1CCNCC1. The van der Waals surface area contributed by atoms with Crippen LogP contribution >= 0.6 is 0 Å². The molecule has 0 aromatic heterocycles. The molecule has 96 valence electrons. The number of rotatable bonds is 2. The Hall–Kier alpha value is -1.63. The first-order valence-corrected chi connectivity index (χ1v) is 5.07. The molecule has 1 fully saturated rings. The van der Waals surface area contributed by atoms with Crippen LogP contribution in [0.25, 0.3) is 0 Å². The van der Waals surface area contributed by atoms with Crippen molar-refractivity contribution in [2.75, 3.05) is 31.1 Å². The van der Waals surface area contributed by atoms with Crippen molar-refractivity contribution in [3.8, 4) is 0 Å². The minimum absolute atomic E-state index is 0. The molecule has 0 bridgehead atoms. The van der Waals surface area contributed by atoms with Gasteiger partial charge in [-0.15, -0.1) is 0 Å². The molecule has 1 saturated heterocycles. The topological polar surface area (TPSA) is 116 Å². The zero-order valence-corrected chi connectivity index (χ0v) is 9.44. The van der Waals surface area contributed by atoms with Crippen LogP contribution in [0.2, 0.25) is 0 Å². The van der Waals surface area contributed by atoms with Crippen LogP contribution in [0, 0.1) is 0 Å². The second-order valence-corrected chi connectivity index (χ2v) is 3.56. The van der Waals surface area contributed by atoms with Crippen LogP contribution in [-0.4, -0.2) is 48.2 Å².